The quantitative estimate of drug-likeness (QED) is 0.408. The second kappa shape index (κ2) is 11.7. The molecule has 2 amide bonds. The van der Waals surface area contributed by atoms with E-state index >= 15 is 0 Å². The Bertz CT molecular complexity index is 1540. The number of rotatable bonds is 5. The molecule has 0 bridgehead atoms. The third-order valence-electron chi connectivity index (χ3n) is 7.02. The summed E-state index contributed by atoms with van der Waals surface area (Å²) in [7, 11) is -3.91. The summed E-state index contributed by atoms with van der Waals surface area (Å²) >= 11 is 12.1. The molecule has 0 aliphatic carbocycles. The molecule has 1 saturated heterocycles. The number of carbonyl (C=O) groups is 2. The van der Waals surface area contributed by atoms with Crippen LogP contribution in [0.15, 0.2) is 65.6 Å². The SMILES string of the molecule is O=C(C(=O)N1CCc2cc(OCc3ccc(F)cc3)ccc2C1)N1CCN(S(=O)(=O)c2cc(Cl)ccc2Cl)CC1. The first-order valence-electron chi connectivity index (χ1n) is 12.6. The highest BCUT2D eigenvalue weighted by Crippen LogP contribution is 2.29. The minimum atomic E-state index is -3.91. The second-order valence-corrected chi connectivity index (χ2v) is 12.3. The predicted molar refractivity (Wildman–Crippen MR) is 148 cm³/mol. The molecule has 2 heterocycles. The first-order valence-corrected chi connectivity index (χ1v) is 14.8. The highest BCUT2D eigenvalue weighted by molar-refractivity contribution is 7.89. The van der Waals surface area contributed by atoms with Crippen molar-refractivity contribution in [3.63, 3.8) is 0 Å². The Morgan fingerprint density at radius 3 is 2.25 bits per heavy atom. The number of piperazine rings is 1. The highest BCUT2D eigenvalue weighted by atomic mass is 35.5. The van der Waals surface area contributed by atoms with Gasteiger partial charge in [0.25, 0.3) is 0 Å². The highest BCUT2D eigenvalue weighted by Gasteiger charge is 2.35. The van der Waals surface area contributed by atoms with Gasteiger partial charge in [-0.15, -0.1) is 0 Å². The summed E-state index contributed by atoms with van der Waals surface area (Å²) in [5, 5.41) is 0.314. The van der Waals surface area contributed by atoms with Crippen LogP contribution in [0.1, 0.15) is 16.7 Å². The zero-order chi connectivity index (χ0) is 28.4. The van der Waals surface area contributed by atoms with Crippen LogP contribution in [0.2, 0.25) is 10.0 Å². The Morgan fingerprint density at radius 2 is 1.52 bits per heavy atom. The summed E-state index contributed by atoms with van der Waals surface area (Å²) in [4.78, 5) is 28.9. The molecule has 0 spiro atoms. The van der Waals surface area contributed by atoms with Crippen molar-refractivity contribution in [2.45, 2.75) is 24.5 Å². The Hall–Kier alpha value is -3.18. The van der Waals surface area contributed by atoms with E-state index in [4.69, 9.17) is 27.9 Å². The molecule has 12 heteroatoms. The molecule has 40 heavy (non-hydrogen) atoms. The zero-order valence-corrected chi connectivity index (χ0v) is 23.7. The molecule has 0 aromatic heterocycles. The molecule has 1 fully saturated rings. The van der Waals surface area contributed by atoms with Gasteiger partial charge < -0.3 is 14.5 Å². The summed E-state index contributed by atoms with van der Waals surface area (Å²) in [6.07, 6.45) is 0.564. The number of amides is 2. The van der Waals surface area contributed by atoms with Gasteiger partial charge in [0.15, 0.2) is 0 Å². The van der Waals surface area contributed by atoms with Gasteiger partial charge in [-0.05, 0) is 65.6 Å². The van der Waals surface area contributed by atoms with Crippen molar-refractivity contribution in [1.82, 2.24) is 14.1 Å². The molecule has 210 valence electrons. The molecule has 0 N–H and O–H groups in total. The van der Waals surface area contributed by atoms with E-state index in [9.17, 15) is 22.4 Å². The minimum Gasteiger partial charge on any atom is -0.489 e. The van der Waals surface area contributed by atoms with Gasteiger partial charge in [-0.25, -0.2) is 12.8 Å². The number of hydrogen-bond donors (Lipinski definition) is 0. The number of halogens is 3. The Morgan fingerprint density at radius 1 is 0.825 bits per heavy atom. The molecule has 0 saturated carbocycles. The van der Waals surface area contributed by atoms with Crippen LogP contribution in [0, 0.1) is 5.82 Å². The van der Waals surface area contributed by atoms with Crippen LogP contribution in [0.25, 0.3) is 0 Å². The van der Waals surface area contributed by atoms with Gasteiger partial charge in [0.2, 0.25) is 10.0 Å². The fourth-order valence-corrected chi connectivity index (χ4v) is 6.92. The lowest BCUT2D eigenvalue weighted by molar-refractivity contribution is -0.153. The molecule has 0 radical (unpaired) electrons. The molecule has 3 aromatic carbocycles. The summed E-state index contributed by atoms with van der Waals surface area (Å²) in [5.74, 6) is -0.896. The average Bonchev–Trinajstić information content (AvgIpc) is 2.97. The number of fused-ring (bicyclic) bond motifs is 1. The van der Waals surface area contributed by atoms with E-state index in [0.717, 1.165) is 16.7 Å². The van der Waals surface area contributed by atoms with Crippen molar-refractivity contribution < 1.29 is 27.1 Å². The average molecular weight is 607 g/mol. The summed E-state index contributed by atoms with van der Waals surface area (Å²) in [6, 6.07) is 16.0. The Balaban J connectivity index is 1.16. The topological polar surface area (TPSA) is 87.2 Å². The van der Waals surface area contributed by atoms with Crippen LogP contribution in [-0.2, 0) is 39.2 Å². The van der Waals surface area contributed by atoms with Gasteiger partial charge in [0.1, 0.15) is 23.1 Å². The number of carbonyl (C=O) groups excluding carboxylic acids is 2. The van der Waals surface area contributed by atoms with Crippen LogP contribution < -0.4 is 4.74 Å². The monoisotopic (exact) mass is 605 g/mol. The number of benzene rings is 3. The minimum absolute atomic E-state index is 0.0354. The smallest absolute Gasteiger partial charge is 0.312 e. The summed E-state index contributed by atoms with van der Waals surface area (Å²) < 4.78 is 46.3. The lowest BCUT2D eigenvalue weighted by atomic mass is 9.99. The van der Waals surface area contributed by atoms with E-state index in [-0.39, 0.29) is 46.9 Å². The van der Waals surface area contributed by atoms with E-state index < -0.39 is 21.8 Å². The van der Waals surface area contributed by atoms with Gasteiger partial charge in [0, 0.05) is 44.3 Å². The van der Waals surface area contributed by atoms with Crippen molar-refractivity contribution >= 4 is 45.0 Å². The lowest BCUT2D eigenvalue weighted by Gasteiger charge is -2.35. The molecule has 5 rings (SSSR count). The fourth-order valence-electron chi connectivity index (χ4n) is 4.76. The van der Waals surface area contributed by atoms with E-state index in [1.807, 2.05) is 18.2 Å². The van der Waals surface area contributed by atoms with E-state index in [0.29, 0.717) is 31.9 Å². The van der Waals surface area contributed by atoms with Crippen LogP contribution in [0.5, 0.6) is 5.75 Å². The predicted octanol–water partition coefficient (Wildman–Crippen LogP) is 4.13. The number of sulfonamides is 1. The van der Waals surface area contributed by atoms with Gasteiger partial charge in [-0.1, -0.05) is 41.4 Å². The first kappa shape index (κ1) is 28.4. The van der Waals surface area contributed by atoms with Crippen LogP contribution >= 0.6 is 23.2 Å². The second-order valence-electron chi connectivity index (χ2n) is 9.59. The summed E-state index contributed by atoms with van der Waals surface area (Å²) in [5.41, 5.74) is 2.81. The third-order valence-corrected chi connectivity index (χ3v) is 9.63. The molecular weight excluding hydrogens is 580 g/mol. The number of hydrogen-bond acceptors (Lipinski definition) is 5. The number of ether oxygens (including phenoxy) is 1. The molecular formula is C28H26Cl2FN3O5S. The van der Waals surface area contributed by atoms with Crippen LogP contribution in [0.3, 0.4) is 0 Å². The van der Waals surface area contributed by atoms with Crippen molar-refractivity contribution in [2.24, 2.45) is 0 Å². The Kier molecular flexibility index (Phi) is 8.32. The van der Waals surface area contributed by atoms with Crippen molar-refractivity contribution in [3.8, 4) is 5.75 Å². The number of nitrogens with zero attached hydrogens (tertiary/aromatic N) is 3. The standard InChI is InChI=1S/C28H26Cl2FN3O5S/c29-22-4-8-25(30)26(16-22)40(37,38)34-13-11-32(12-14-34)27(35)28(36)33-10-9-20-15-24(7-3-21(20)17-33)39-18-19-1-5-23(31)6-2-19/h1-8,15-16H,9-14,17-18H2. The van der Waals surface area contributed by atoms with E-state index in [1.165, 1.54) is 44.4 Å². The molecule has 2 aliphatic rings. The van der Waals surface area contributed by atoms with Crippen molar-refractivity contribution in [2.75, 3.05) is 32.7 Å². The van der Waals surface area contributed by atoms with Crippen LogP contribution in [0.4, 0.5) is 4.39 Å². The maximum atomic E-state index is 13.1. The molecule has 2 aliphatic heterocycles. The third kappa shape index (κ3) is 6.10. The van der Waals surface area contributed by atoms with E-state index in [2.05, 4.69) is 0 Å². The lowest BCUT2D eigenvalue weighted by Crippen LogP contribution is -2.54. The molecule has 8 nitrogen and oxygen atoms in total. The molecule has 3 aromatic rings. The maximum absolute atomic E-state index is 13.1. The van der Waals surface area contributed by atoms with Gasteiger partial charge >= 0.3 is 11.8 Å². The van der Waals surface area contributed by atoms with Crippen molar-refractivity contribution in [1.29, 1.82) is 0 Å². The van der Waals surface area contributed by atoms with Gasteiger partial charge in [-0.2, -0.15) is 4.31 Å². The Labute approximate surface area is 241 Å². The normalized spacial score (nSPS) is 16.0. The summed E-state index contributed by atoms with van der Waals surface area (Å²) in [6.45, 7) is 1.21. The van der Waals surface area contributed by atoms with Crippen molar-refractivity contribution in [3.05, 3.63) is 93.2 Å². The largest absolute Gasteiger partial charge is 0.489 e. The van der Waals surface area contributed by atoms with Gasteiger partial charge in [-0.3, -0.25) is 9.59 Å². The first-order chi connectivity index (χ1) is 19.1. The van der Waals surface area contributed by atoms with Gasteiger partial charge in [0.05, 0.1) is 5.02 Å². The zero-order valence-electron chi connectivity index (χ0n) is 21.4. The van der Waals surface area contributed by atoms with Crippen LogP contribution in [-0.4, -0.2) is 67.1 Å². The fraction of sp³-hybridized carbons (Fsp3) is 0.286. The van der Waals surface area contributed by atoms with E-state index in [1.54, 1.807) is 12.1 Å². The molecule has 0 atom stereocenters. The molecule has 0 unspecified atom stereocenters. The maximum Gasteiger partial charge on any atom is 0.312 e.